The molecule has 4 aliphatic rings. The second-order valence-corrected chi connectivity index (χ2v) is 9.85. The van der Waals surface area contributed by atoms with Gasteiger partial charge in [0.15, 0.2) is 0 Å². The standard InChI is InChI=1S/C21H34N/c1-13-10-16-12-20(3,4)11-15-8-9-21(22-5)14(2)6-7-17(13)19(21)18(15)16/h13-14,16-17,19H,6-12H2,1-5H3/q-1. The van der Waals surface area contributed by atoms with Gasteiger partial charge in [0.25, 0.3) is 0 Å². The maximum Gasteiger partial charge on any atom is -0.0190 e. The minimum absolute atomic E-state index is 0.288. The second kappa shape index (κ2) is 4.85. The van der Waals surface area contributed by atoms with E-state index in [2.05, 4.69) is 34.7 Å². The van der Waals surface area contributed by atoms with Gasteiger partial charge >= 0.3 is 0 Å². The summed E-state index contributed by atoms with van der Waals surface area (Å²) in [5.74, 6) is 4.29. The van der Waals surface area contributed by atoms with Crippen LogP contribution in [-0.2, 0) is 0 Å². The molecule has 6 unspecified atom stereocenters. The van der Waals surface area contributed by atoms with Gasteiger partial charge in [0, 0.05) is 0 Å². The number of hydrogen-bond acceptors (Lipinski definition) is 0. The highest BCUT2D eigenvalue weighted by Crippen LogP contribution is 2.65. The van der Waals surface area contributed by atoms with E-state index in [0.29, 0.717) is 5.41 Å². The third kappa shape index (κ3) is 1.93. The number of rotatable bonds is 1. The van der Waals surface area contributed by atoms with Crippen LogP contribution in [0, 0.1) is 35.0 Å². The van der Waals surface area contributed by atoms with Crippen LogP contribution in [0.25, 0.3) is 5.32 Å². The number of allylic oxidation sites excluding steroid dienone is 1. The van der Waals surface area contributed by atoms with Gasteiger partial charge in [-0.25, -0.2) is 0 Å². The van der Waals surface area contributed by atoms with Gasteiger partial charge in [0.05, 0.1) is 0 Å². The molecular weight excluding hydrogens is 266 g/mol. The average molecular weight is 301 g/mol. The summed E-state index contributed by atoms with van der Waals surface area (Å²) >= 11 is 0. The maximum absolute atomic E-state index is 5.13. The zero-order valence-electron chi connectivity index (χ0n) is 15.3. The lowest BCUT2D eigenvalue weighted by Gasteiger charge is -2.68. The quantitative estimate of drug-likeness (QED) is 0.531. The van der Waals surface area contributed by atoms with Gasteiger partial charge in [-0.05, 0) is 61.2 Å². The van der Waals surface area contributed by atoms with Gasteiger partial charge in [-0.2, -0.15) is 7.05 Å². The van der Waals surface area contributed by atoms with Crippen LogP contribution in [0.3, 0.4) is 0 Å². The zero-order valence-corrected chi connectivity index (χ0v) is 15.3. The first kappa shape index (κ1) is 15.2. The Morgan fingerprint density at radius 3 is 2.64 bits per heavy atom. The molecule has 0 N–H and O–H groups in total. The third-order valence-corrected chi connectivity index (χ3v) is 8.06. The first-order valence-corrected chi connectivity index (χ1v) is 9.71. The summed E-state index contributed by atoms with van der Waals surface area (Å²) < 4.78 is 0. The highest BCUT2D eigenvalue weighted by Gasteiger charge is 2.54. The molecule has 0 aliphatic heterocycles. The molecule has 0 spiro atoms. The molecule has 6 atom stereocenters. The van der Waals surface area contributed by atoms with Crippen molar-refractivity contribution in [2.24, 2.45) is 35.0 Å². The Balaban J connectivity index is 1.85. The van der Waals surface area contributed by atoms with Gasteiger partial charge in [-0.1, -0.05) is 57.6 Å². The van der Waals surface area contributed by atoms with Crippen molar-refractivity contribution < 1.29 is 0 Å². The Morgan fingerprint density at radius 1 is 1.14 bits per heavy atom. The van der Waals surface area contributed by atoms with E-state index in [0.717, 1.165) is 29.6 Å². The third-order valence-electron chi connectivity index (χ3n) is 8.06. The lowest BCUT2D eigenvalue weighted by Crippen LogP contribution is -2.57. The normalized spacial score (nSPS) is 49.8. The fourth-order valence-corrected chi connectivity index (χ4v) is 7.23. The molecule has 0 radical (unpaired) electrons. The molecule has 2 fully saturated rings. The van der Waals surface area contributed by atoms with Crippen molar-refractivity contribution in [3.63, 3.8) is 0 Å². The van der Waals surface area contributed by atoms with Crippen LogP contribution < -0.4 is 0 Å². The molecule has 0 amide bonds. The van der Waals surface area contributed by atoms with Crippen molar-refractivity contribution in [1.29, 1.82) is 0 Å². The Labute approximate surface area is 137 Å². The van der Waals surface area contributed by atoms with E-state index in [4.69, 9.17) is 5.32 Å². The molecule has 4 aliphatic carbocycles. The summed E-state index contributed by atoms with van der Waals surface area (Å²) in [4.78, 5) is 0. The second-order valence-electron chi connectivity index (χ2n) is 9.85. The first-order valence-electron chi connectivity index (χ1n) is 9.71. The van der Waals surface area contributed by atoms with Gasteiger partial charge < -0.3 is 5.32 Å². The Bertz CT molecular complexity index is 502. The summed E-state index contributed by atoms with van der Waals surface area (Å²) in [6.07, 6.45) is 9.78. The van der Waals surface area contributed by atoms with Crippen molar-refractivity contribution in [2.45, 2.75) is 78.2 Å². The van der Waals surface area contributed by atoms with E-state index < -0.39 is 0 Å². The van der Waals surface area contributed by atoms with Crippen LogP contribution in [0.2, 0.25) is 0 Å². The molecular formula is C21H34N-. The average Bonchev–Trinajstić information content (AvgIpc) is 2.45. The summed E-state index contributed by atoms with van der Waals surface area (Å²) in [5.41, 5.74) is 4.62. The van der Waals surface area contributed by atoms with Crippen LogP contribution in [0.1, 0.15) is 72.6 Å². The lowest BCUT2D eigenvalue weighted by atomic mass is 9.45. The van der Waals surface area contributed by atoms with E-state index in [1.165, 1.54) is 44.9 Å². The van der Waals surface area contributed by atoms with E-state index in [1.807, 2.05) is 11.1 Å². The number of hydrogen-bond donors (Lipinski definition) is 0. The summed E-state index contributed by atoms with van der Waals surface area (Å²) in [6, 6.07) is 0. The topological polar surface area (TPSA) is 14.1 Å². The monoisotopic (exact) mass is 300 g/mol. The van der Waals surface area contributed by atoms with E-state index in [9.17, 15) is 0 Å². The molecule has 0 aromatic carbocycles. The zero-order chi connectivity index (χ0) is 15.7. The predicted molar refractivity (Wildman–Crippen MR) is 93.9 cm³/mol. The minimum Gasteiger partial charge on any atom is -0.659 e. The highest BCUT2D eigenvalue weighted by atomic mass is 15.0. The molecule has 2 saturated carbocycles. The van der Waals surface area contributed by atoms with Crippen molar-refractivity contribution in [1.82, 2.24) is 0 Å². The Kier molecular flexibility index (Phi) is 3.36. The summed E-state index contributed by atoms with van der Waals surface area (Å²) in [5, 5.41) is 5.13. The van der Waals surface area contributed by atoms with Crippen molar-refractivity contribution in [3.8, 4) is 0 Å². The number of nitrogens with zero attached hydrogens (tertiary/aromatic N) is 1. The lowest BCUT2D eigenvalue weighted by molar-refractivity contribution is 0.0125. The van der Waals surface area contributed by atoms with Crippen LogP contribution in [0.4, 0.5) is 0 Å². The van der Waals surface area contributed by atoms with E-state index in [-0.39, 0.29) is 5.54 Å². The highest BCUT2D eigenvalue weighted by molar-refractivity contribution is 5.38. The van der Waals surface area contributed by atoms with Gasteiger partial charge in [-0.15, -0.1) is 5.54 Å². The molecule has 0 saturated heterocycles. The van der Waals surface area contributed by atoms with Crippen LogP contribution in [0.15, 0.2) is 11.1 Å². The molecule has 0 heterocycles. The van der Waals surface area contributed by atoms with E-state index in [1.54, 1.807) is 0 Å². The molecule has 4 rings (SSSR count). The Morgan fingerprint density at radius 2 is 1.91 bits per heavy atom. The van der Waals surface area contributed by atoms with Crippen LogP contribution in [0.5, 0.6) is 0 Å². The molecule has 1 nitrogen and oxygen atoms in total. The van der Waals surface area contributed by atoms with E-state index >= 15 is 0 Å². The molecule has 124 valence electrons. The predicted octanol–water partition coefficient (Wildman–Crippen LogP) is 5.96. The molecule has 0 aromatic rings. The molecule has 0 bridgehead atoms. The van der Waals surface area contributed by atoms with Crippen LogP contribution in [-0.4, -0.2) is 12.6 Å². The Hall–Kier alpha value is -0.300. The fourth-order valence-electron chi connectivity index (χ4n) is 7.23. The van der Waals surface area contributed by atoms with Crippen molar-refractivity contribution >= 4 is 0 Å². The van der Waals surface area contributed by atoms with Crippen molar-refractivity contribution in [3.05, 3.63) is 16.5 Å². The SMILES string of the molecule is C[N-]C12CCC3=C4C(CC(C)C(CCC1C)C42)CC(C)(C)C3. The molecule has 22 heavy (non-hydrogen) atoms. The van der Waals surface area contributed by atoms with Crippen LogP contribution >= 0.6 is 0 Å². The summed E-state index contributed by atoms with van der Waals surface area (Å²) in [6.45, 7) is 10.1. The molecule has 1 heteroatoms. The van der Waals surface area contributed by atoms with Gasteiger partial charge in [0.1, 0.15) is 0 Å². The maximum atomic E-state index is 5.13. The van der Waals surface area contributed by atoms with Crippen molar-refractivity contribution in [2.75, 3.05) is 7.05 Å². The molecule has 0 aromatic heterocycles. The first-order chi connectivity index (χ1) is 10.4. The van der Waals surface area contributed by atoms with Gasteiger partial charge in [0.2, 0.25) is 0 Å². The van der Waals surface area contributed by atoms with Gasteiger partial charge in [-0.3, -0.25) is 0 Å². The minimum atomic E-state index is 0.288. The largest absolute Gasteiger partial charge is 0.659 e. The smallest absolute Gasteiger partial charge is 0.0190 e. The summed E-state index contributed by atoms with van der Waals surface area (Å²) in [7, 11) is 2.13. The fraction of sp³-hybridized carbons (Fsp3) is 0.905.